The predicted molar refractivity (Wildman–Crippen MR) is 117 cm³/mol. The number of rotatable bonds is 6. The first-order valence-electron chi connectivity index (χ1n) is 10.0. The zero-order valence-electron chi connectivity index (χ0n) is 16.9. The largest absolute Gasteiger partial charge is 0.349 e. The first kappa shape index (κ1) is 21.0. The second-order valence-corrected chi connectivity index (χ2v) is 7.99. The van der Waals surface area contributed by atoms with Gasteiger partial charge in [-0.25, -0.2) is 4.39 Å². The fraction of sp³-hybridized carbons (Fsp3) is 0.208. The average molecular weight is 438 g/mol. The van der Waals surface area contributed by atoms with Crippen LogP contribution in [0.15, 0.2) is 54.7 Å². The Bertz CT molecular complexity index is 1140. The van der Waals surface area contributed by atoms with Crippen LogP contribution in [0.4, 0.5) is 4.39 Å². The maximum Gasteiger partial charge on any atom is 0.253 e. The molecule has 1 aromatic heterocycles. The molecule has 1 saturated carbocycles. The van der Waals surface area contributed by atoms with Crippen molar-refractivity contribution in [1.82, 2.24) is 15.6 Å². The highest BCUT2D eigenvalue weighted by molar-refractivity contribution is 6.31. The number of pyridine rings is 1. The van der Waals surface area contributed by atoms with Gasteiger partial charge in [-0.3, -0.25) is 14.6 Å². The summed E-state index contributed by atoms with van der Waals surface area (Å²) in [5.41, 5.74) is 2.84. The molecular weight excluding hydrogens is 417 g/mol. The molecule has 158 valence electrons. The van der Waals surface area contributed by atoms with Crippen LogP contribution in [0.25, 0.3) is 11.3 Å². The highest BCUT2D eigenvalue weighted by Gasteiger charge is 2.24. The van der Waals surface area contributed by atoms with Gasteiger partial charge in [0.25, 0.3) is 11.8 Å². The molecule has 0 aliphatic heterocycles. The van der Waals surface area contributed by atoms with Crippen LogP contribution in [0.2, 0.25) is 5.02 Å². The van der Waals surface area contributed by atoms with E-state index in [0.717, 1.165) is 18.4 Å². The van der Waals surface area contributed by atoms with Crippen molar-refractivity contribution in [2.75, 3.05) is 0 Å². The van der Waals surface area contributed by atoms with Gasteiger partial charge in [0.2, 0.25) is 0 Å². The van der Waals surface area contributed by atoms with Crippen LogP contribution in [0.3, 0.4) is 0 Å². The van der Waals surface area contributed by atoms with Gasteiger partial charge in [-0.1, -0.05) is 29.8 Å². The number of nitrogens with zero attached hydrogens (tertiary/aromatic N) is 1. The lowest BCUT2D eigenvalue weighted by Crippen LogP contribution is -2.25. The number of amides is 2. The number of halogens is 2. The molecule has 3 aromatic rings. The lowest BCUT2D eigenvalue weighted by molar-refractivity contribution is 0.0942. The normalized spacial score (nSPS) is 13.0. The van der Waals surface area contributed by atoms with Crippen LogP contribution in [0.1, 0.15) is 44.7 Å². The van der Waals surface area contributed by atoms with Gasteiger partial charge in [0.15, 0.2) is 0 Å². The molecule has 2 amide bonds. The standard InChI is InChI=1S/C24H21ClFN3O2/c1-14-19(10-17(11-21(14)26)24(31)29-18-7-8-18)22-9-6-16(13-27-22)23(30)28-12-15-4-2-3-5-20(15)25/h2-6,9-11,13,18H,7-8,12H2,1H3,(H,28,30)(H,29,31). The molecule has 0 saturated heterocycles. The van der Waals surface area contributed by atoms with E-state index in [4.69, 9.17) is 11.6 Å². The van der Waals surface area contributed by atoms with E-state index in [1.807, 2.05) is 18.2 Å². The third-order valence-electron chi connectivity index (χ3n) is 5.22. The number of nitrogens with one attached hydrogen (secondary N) is 2. The molecule has 0 bridgehead atoms. The highest BCUT2D eigenvalue weighted by Crippen LogP contribution is 2.27. The van der Waals surface area contributed by atoms with E-state index in [9.17, 15) is 14.0 Å². The summed E-state index contributed by atoms with van der Waals surface area (Å²) in [5.74, 6) is -1.06. The van der Waals surface area contributed by atoms with Gasteiger partial charge in [0.05, 0.1) is 11.3 Å². The number of aromatic nitrogens is 1. The Hall–Kier alpha value is -3.25. The third kappa shape index (κ3) is 4.91. The van der Waals surface area contributed by atoms with Crippen molar-refractivity contribution in [2.45, 2.75) is 32.4 Å². The average Bonchev–Trinajstić information content (AvgIpc) is 3.59. The second kappa shape index (κ2) is 8.86. The van der Waals surface area contributed by atoms with Crippen LogP contribution in [-0.4, -0.2) is 22.8 Å². The molecule has 5 nitrogen and oxygen atoms in total. The van der Waals surface area contributed by atoms with E-state index < -0.39 is 5.82 Å². The van der Waals surface area contributed by atoms with Crippen molar-refractivity contribution in [3.8, 4) is 11.3 Å². The summed E-state index contributed by atoms with van der Waals surface area (Å²) in [6.45, 7) is 1.93. The van der Waals surface area contributed by atoms with Gasteiger partial charge in [-0.15, -0.1) is 0 Å². The minimum atomic E-state index is -0.471. The minimum Gasteiger partial charge on any atom is -0.349 e. The summed E-state index contributed by atoms with van der Waals surface area (Å²) in [6.07, 6.45) is 3.34. The zero-order valence-corrected chi connectivity index (χ0v) is 17.7. The summed E-state index contributed by atoms with van der Waals surface area (Å²) in [6, 6.07) is 13.6. The molecule has 1 aliphatic rings. The van der Waals surface area contributed by atoms with Crippen molar-refractivity contribution in [3.05, 3.63) is 87.8 Å². The van der Waals surface area contributed by atoms with E-state index in [1.165, 1.54) is 12.3 Å². The van der Waals surface area contributed by atoms with Crippen molar-refractivity contribution in [1.29, 1.82) is 0 Å². The van der Waals surface area contributed by atoms with Crippen LogP contribution in [-0.2, 0) is 6.54 Å². The van der Waals surface area contributed by atoms with Crippen LogP contribution < -0.4 is 10.6 Å². The maximum absolute atomic E-state index is 14.5. The summed E-state index contributed by atoms with van der Waals surface area (Å²) in [4.78, 5) is 29.1. The number of benzene rings is 2. The Kier molecular flexibility index (Phi) is 6.00. The summed E-state index contributed by atoms with van der Waals surface area (Å²) in [7, 11) is 0. The number of carbonyl (C=O) groups is 2. The quantitative estimate of drug-likeness (QED) is 0.588. The Labute approximate surface area is 184 Å². The molecule has 4 rings (SSSR count). The molecule has 1 fully saturated rings. The van der Waals surface area contributed by atoms with Crippen molar-refractivity contribution in [2.24, 2.45) is 0 Å². The summed E-state index contributed by atoms with van der Waals surface area (Å²) in [5, 5.41) is 6.25. The SMILES string of the molecule is Cc1c(F)cc(C(=O)NC2CC2)cc1-c1ccc(C(=O)NCc2ccccc2Cl)cn1. The van der Waals surface area contributed by atoms with Crippen LogP contribution >= 0.6 is 11.6 Å². The monoisotopic (exact) mass is 437 g/mol. The fourth-order valence-corrected chi connectivity index (χ4v) is 3.38. The van der Waals surface area contributed by atoms with Crippen molar-refractivity contribution < 1.29 is 14.0 Å². The van der Waals surface area contributed by atoms with E-state index in [-0.39, 0.29) is 23.4 Å². The first-order valence-corrected chi connectivity index (χ1v) is 10.4. The Morgan fingerprint density at radius 2 is 1.87 bits per heavy atom. The molecule has 0 unspecified atom stereocenters. The molecule has 2 aromatic carbocycles. The number of hydrogen-bond acceptors (Lipinski definition) is 3. The van der Waals surface area contributed by atoms with Crippen molar-refractivity contribution in [3.63, 3.8) is 0 Å². The highest BCUT2D eigenvalue weighted by atomic mass is 35.5. The molecule has 0 radical (unpaired) electrons. The first-order chi connectivity index (χ1) is 14.9. The van der Waals surface area contributed by atoms with Gasteiger partial charge in [-0.05, 0) is 61.2 Å². The Morgan fingerprint density at radius 3 is 2.55 bits per heavy atom. The summed E-state index contributed by atoms with van der Waals surface area (Å²) >= 11 is 6.11. The van der Waals surface area contributed by atoms with E-state index in [0.29, 0.717) is 34.0 Å². The molecule has 0 atom stereocenters. The number of carbonyl (C=O) groups excluding carboxylic acids is 2. The molecule has 2 N–H and O–H groups in total. The van der Waals surface area contributed by atoms with Crippen LogP contribution in [0, 0.1) is 12.7 Å². The van der Waals surface area contributed by atoms with Crippen molar-refractivity contribution >= 4 is 23.4 Å². The van der Waals surface area contributed by atoms with E-state index in [2.05, 4.69) is 15.6 Å². The summed E-state index contributed by atoms with van der Waals surface area (Å²) < 4.78 is 14.5. The smallest absolute Gasteiger partial charge is 0.253 e. The molecule has 1 aliphatic carbocycles. The molecule has 0 spiro atoms. The molecule has 1 heterocycles. The molecule has 31 heavy (non-hydrogen) atoms. The van der Waals surface area contributed by atoms with Crippen LogP contribution in [0.5, 0.6) is 0 Å². The molecule has 7 heteroatoms. The van der Waals surface area contributed by atoms with E-state index >= 15 is 0 Å². The Balaban J connectivity index is 1.50. The zero-order chi connectivity index (χ0) is 22.0. The predicted octanol–water partition coefficient (Wildman–Crippen LogP) is 4.67. The second-order valence-electron chi connectivity index (χ2n) is 7.58. The topological polar surface area (TPSA) is 71.1 Å². The van der Waals surface area contributed by atoms with Gasteiger partial charge in [-0.2, -0.15) is 0 Å². The molecular formula is C24H21ClFN3O2. The minimum absolute atomic E-state index is 0.182. The fourth-order valence-electron chi connectivity index (χ4n) is 3.18. The lowest BCUT2D eigenvalue weighted by atomic mass is 10.00. The van der Waals surface area contributed by atoms with Gasteiger partial charge in [0.1, 0.15) is 5.82 Å². The number of hydrogen-bond donors (Lipinski definition) is 2. The third-order valence-corrected chi connectivity index (χ3v) is 5.59. The lowest BCUT2D eigenvalue weighted by Gasteiger charge is -2.11. The van der Waals surface area contributed by atoms with Gasteiger partial charge < -0.3 is 10.6 Å². The van der Waals surface area contributed by atoms with Gasteiger partial charge >= 0.3 is 0 Å². The maximum atomic E-state index is 14.5. The van der Waals surface area contributed by atoms with Gasteiger partial charge in [0, 0.05) is 34.9 Å². The Morgan fingerprint density at radius 1 is 1.10 bits per heavy atom. The van der Waals surface area contributed by atoms with E-state index in [1.54, 1.807) is 31.2 Å².